The van der Waals surface area contributed by atoms with E-state index >= 15 is 0 Å². The lowest BCUT2D eigenvalue weighted by atomic mass is 10.1. The first kappa shape index (κ1) is 20.6. The van der Waals surface area contributed by atoms with Crippen LogP contribution < -0.4 is 10.2 Å². The van der Waals surface area contributed by atoms with Crippen LogP contribution >= 0.6 is 11.8 Å². The SMILES string of the molecule is CSc1cccc(N2C[C@H](C(=O)OCC(=O)NC(=O)c3ccccc3)CC2=O)c1. The molecule has 1 atom stereocenters. The van der Waals surface area contributed by atoms with E-state index in [0.29, 0.717) is 5.56 Å². The number of hydrogen-bond acceptors (Lipinski definition) is 6. The smallest absolute Gasteiger partial charge is 0.311 e. The number of amides is 3. The van der Waals surface area contributed by atoms with Crippen molar-refractivity contribution < 1.29 is 23.9 Å². The van der Waals surface area contributed by atoms with Gasteiger partial charge in [0, 0.05) is 29.1 Å². The number of benzene rings is 2. The average Bonchev–Trinajstić information content (AvgIpc) is 3.14. The molecule has 0 saturated carbocycles. The minimum atomic E-state index is -0.721. The van der Waals surface area contributed by atoms with Crippen LogP contribution in [0.15, 0.2) is 59.5 Å². The molecular weight excluding hydrogens is 392 g/mol. The molecule has 0 aliphatic carbocycles. The normalized spacial score (nSPS) is 15.8. The molecule has 2 aromatic rings. The Hall–Kier alpha value is -3.13. The largest absolute Gasteiger partial charge is 0.455 e. The quantitative estimate of drug-likeness (QED) is 0.578. The number of hydrogen-bond donors (Lipinski definition) is 1. The van der Waals surface area contributed by atoms with Crippen LogP contribution in [0.25, 0.3) is 0 Å². The van der Waals surface area contributed by atoms with E-state index in [-0.39, 0.29) is 18.9 Å². The molecule has 1 aliphatic rings. The van der Waals surface area contributed by atoms with Gasteiger partial charge in [-0.3, -0.25) is 24.5 Å². The number of imide groups is 1. The van der Waals surface area contributed by atoms with Crippen molar-refractivity contribution in [2.45, 2.75) is 11.3 Å². The van der Waals surface area contributed by atoms with Crippen LogP contribution in [0.3, 0.4) is 0 Å². The van der Waals surface area contributed by atoms with E-state index < -0.39 is 30.3 Å². The Balaban J connectivity index is 1.51. The van der Waals surface area contributed by atoms with Gasteiger partial charge in [-0.2, -0.15) is 0 Å². The molecule has 7 nitrogen and oxygen atoms in total. The zero-order chi connectivity index (χ0) is 20.8. The number of carbonyl (C=O) groups is 4. The molecule has 3 rings (SSSR count). The van der Waals surface area contributed by atoms with Crippen LogP contribution in [0, 0.1) is 5.92 Å². The summed E-state index contributed by atoms with van der Waals surface area (Å²) in [5, 5.41) is 2.16. The van der Waals surface area contributed by atoms with Gasteiger partial charge in [-0.1, -0.05) is 24.3 Å². The molecule has 0 spiro atoms. The number of rotatable bonds is 6. The first-order valence-electron chi connectivity index (χ1n) is 8.98. The van der Waals surface area contributed by atoms with E-state index in [1.807, 2.05) is 30.5 Å². The highest BCUT2D eigenvalue weighted by atomic mass is 32.2. The molecule has 150 valence electrons. The Bertz CT molecular complexity index is 932. The van der Waals surface area contributed by atoms with E-state index in [4.69, 9.17) is 4.74 Å². The molecule has 0 aromatic heterocycles. The van der Waals surface area contributed by atoms with Gasteiger partial charge in [0.2, 0.25) is 5.91 Å². The molecule has 0 bridgehead atoms. The van der Waals surface area contributed by atoms with Gasteiger partial charge in [0.25, 0.3) is 11.8 Å². The fraction of sp³-hybridized carbons (Fsp3) is 0.238. The Morgan fingerprint density at radius 1 is 1.14 bits per heavy atom. The topological polar surface area (TPSA) is 92.8 Å². The number of anilines is 1. The van der Waals surface area contributed by atoms with E-state index in [2.05, 4.69) is 5.32 Å². The third kappa shape index (κ3) is 5.23. The van der Waals surface area contributed by atoms with Gasteiger partial charge < -0.3 is 9.64 Å². The van der Waals surface area contributed by atoms with Crippen molar-refractivity contribution in [1.82, 2.24) is 5.32 Å². The maximum Gasteiger partial charge on any atom is 0.311 e. The minimum Gasteiger partial charge on any atom is -0.455 e. The van der Waals surface area contributed by atoms with Gasteiger partial charge in [0.05, 0.1) is 5.92 Å². The van der Waals surface area contributed by atoms with Crippen molar-refractivity contribution in [2.75, 3.05) is 24.3 Å². The third-order valence-electron chi connectivity index (χ3n) is 4.46. The van der Waals surface area contributed by atoms with Crippen molar-refractivity contribution in [2.24, 2.45) is 5.92 Å². The second-order valence-electron chi connectivity index (χ2n) is 6.46. The number of nitrogens with one attached hydrogen (secondary N) is 1. The second kappa shape index (κ2) is 9.38. The Labute approximate surface area is 172 Å². The van der Waals surface area contributed by atoms with Crippen molar-refractivity contribution in [3.8, 4) is 0 Å². The van der Waals surface area contributed by atoms with Crippen LogP contribution in [0.5, 0.6) is 0 Å². The van der Waals surface area contributed by atoms with E-state index in [0.717, 1.165) is 10.6 Å². The van der Waals surface area contributed by atoms with E-state index in [1.165, 1.54) is 0 Å². The number of esters is 1. The molecule has 3 amide bonds. The van der Waals surface area contributed by atoms with E-state index in [9.17, 15) is 19.2 Å². The predicted octanol–water partition coefficient (Wildman–Crippen LogP) is 2.26. The molecule has 1 heterocycles. The molecule has 8 heteroatoms. The molecule has 0 radical (unpaired) electrons. The summed E-state index contributed by atoms with van der Waals surface area (Å²) in [5.74, 6) is -2.75. The van der Waals surface area contributed by atoms with Gasteiger partial charge in [-0.25, -0.2) is 0 Å². The molecule has 0 unspecified atom stereocenters. The zero-order valence-electron chi connectivity index (χ0n) is 15.8. The Morgan fingerprint density at radius 2 is 1.90 bits per heavy atom. The lowest BCUT2D eigenvalue weighted by Gasteiger charge is -2.17. The van der Waals surface area contributed by atoms with Gasteiger partial charge in [0.1, 0.15) is 0 Å². The fourth-order valence-electron chi connectivity index (χ4n) is 2.97. The summed E-state index contributed by atoms with van der Waals surface area (Å²) < 4.78 is 5.02. The zero-order valence-corrected chi connectivity index (χ0v) is 16.6. The number of ether oxygens (including phenoxy) is 1. The third-order valence-corrected chi connectivity index (χ3v) is 5.18. The molecule has 2 aromatic carbocycles. The molecule has 1 N–H and O–H groups in total. The summed E-state index contributed by atoms with van der Waals surface area (Å²) in [7, 11) is 0. The van der Waals surface area contributed by atoms with Crippen LogP contribution in [0.1, 0.15) is 16.8 Å². The predicted molar refractivity (Wildman–Crippen MR) is 109 cm³/mol. The highest BCUT2D eigenvalue weighted by Gasteiger charge is 2.36. The Kier molecular flexibility index (Phi) is 6.66. The minimum absolute atomic E-state index is 0.0207. The monoisotopic (exact) mass is 412 g/mol. The first-order chi connectivity index (χ1) is 14.0. The standard InChI is InChI=1S/C21H20N2O5S/c1-29-17-9-5-8-16(11-17)23-12-15(10-19(23)25)21(27)28-13-18(24)22-20(26)14-6-3-2-4-7-14/h2-9,11,15H,10,12-13H2,1H3,(H,22,24,26)/t15-/m1/s1. The highest BCUT2D eigenvalue weighted by molar-refractivity contribution is 7.98. The fourth-order valence-corrected chi connectivity index (χ4v) is 3.43. The van der Waals surface area contributed by atoms with Gasteiger partial charge >= 0.3 is 5.97 Å². The Morgan fingerprint density at radius 3 is 2.62 bits per heavy atom. The maximum absolute atomic E-state index is 12.3. The summed E-state index contributed by atoms with van der Waals surface area (Å²) in [6, 6.07) is 15.7. The summed E-state index contributed by atoms with van der Waals surface area (Å²) in [4.78, 5) is 51.0. The van der Waals surface area contributed by atoms with Crippen LogP contribution in [0.2, 0.25) is 0 Å². The molecule has 29 heavy (non-hydrogen) atoms. The first-order valence-corrected chi connectivity index (χ1v) is 10.2. The van der Waals surface area contributed by atoms with Crippen LogP contribution in [-0.4, -0.2) is 43.1 Å². The van der Waals surface area contributed by atoms with E-state index in [1.54, 1.807) is 47.0 Å². The van der Waals surface area contributed by atoms with Gasteiger partial charge in [-0.15, -0.1) is 11.8 Å². The highest BCUT2D eigenvalue weighted by Crippen LogP contribution is 2.28. The number of carbonyl (C=O) groups excluding carboxylic acids is 4. The van der Waals surface area contributed by atoms with Crippen molar-refractivity contribution in [3.05, 3.63) is 60.2 Å². The van der Waals surface area contributed by atoms with Crippen LogP contribution in [0.4, 0.5) is 5.69 Å². The summed E-state index contributed by atoms with van der Waals surface area (Å²) in [6.07, 6.45) is 1.96. The lowest BCUT2D eigenvalue weighted by molar-refractivity contribution is -0.152. The lowest BCUT2D eigenvalue weighted by Crippen LogP contribution is -2.35. The summed E-state index contributed by atoms with van der Waals surface area (Å²) in [6.45, 7) is -0.385. The van der Waals surface area contributed by atoms with Gasteiger partial charge in [0.15, 0.2) is 6.61 Å². The van der Waals surface area contributed by atoms with Crippen molar-refractivity contribution in [1.29, 1.82) is 0 Å². The molecule has 1 saturated heterocycles. The van der Waals surface area contributed by atoms with Crippen LogP contribution in [-0.2, 0) is 19.1 Å². The van der Waals surface area contributed by atoms with Gasteiger partial charge in [-0.05, 0) is 36.6 Å². The van der Waals surface area contributed by atoms with Crippen molar-refractivity contribution in [3.63, 3.8) is 0 Å². The maximum atomic E-state index is 12.3. The summed E-state index contributed by atoms with van der Waals surface area (Å²) in [5.41, 5.74) is 1.06. The molecular formula is C21H20N2O5S. The molecule has 1 fully saturated rings. The number of thioether (sulfide) groups is 1. The molecule has 1 aliphatic heterocycles. The number of nitrogens with zero attached hydrogens (tertiary/aromatic N) is 1. The summed E-state index contributed by atoms with van der Waals surface area (Å²) >= 11 is 1.56. The van der Waals surface area contributed by atoms with Crippen molar-refractivity contribution >= 4 is 41.1 Å². The average molecular weight is 412 g/mol. The second-order valence-corrected chi connectivity index (χ2v) is 7.34.